The zero-order valence-electron chi connectivity index (χ0n) is 14.6. The third kappa shape index (κ3) is 5.32. The van der Waals surface area contributed by atoms with Gasteiger partial charge in [0.25, 0.3) is 0 Å². The predicted molar refractivity (Wildman–Crippen MR) is 115 cm³/mol. The third-order valence-electron chi connectivity index (χ3n) is 3.96. The summed E-state index contributed by atoms with van der Waals surface area (Å²) in [6.07, 6.45) is 0. The minimum Gasteiger partial charge on any atom is -0.493 e. The van der Waals surface area contributed by atoms with E-state index in [9.17, 15) is 0 Å². The molecular formula is C21H18BrCl2NO2. The second-order valence-corrected chi connectivity index (χ2v) is 7.58. The van der Waals surface area contributed by atoms with Crippen LogP contribution in [0.2, 0.25) is 10.0 Å². The molecule has 0 saturated heterocycles. The van der Waals surface area contributed by atoms with Gasteiger partial charge in [0.05, 0.1) is 12.1 Å². The van der Waals surface area contributed by atoms with Crippen molar-refractivity contribution in [3.63, 3.8) is 0 Å². The van der Waals surface area contributed by atoms with Crippen LogP contribution in [0.1, 0.15) is 11.1 Å². The molecule has 3 rings (SSSR count). The highest BCUT2D eigenvalue weighted by atomic mass is 79.9. The first kappa shape index (κ1) is 19.9. The van der Waals surface area contributed by atoms with Gasteiger partial charge in [0.2, 0.25) is 0 Å². The summed E-state index contributed by atoms with van der Waals surface area (Å²) in [5.74, 6) is 1.09. The van der Waals surface area contributed by atoms with Gasteiger partial charge in [-0.2, -0.15) is 0 Å². The molecule has 0 aliphatic rings. The van der Waals surface area contributed by atoms with Crippen LogP contribution >= 0.6 is 39.1 Å². The zero-order valence-corrected chi connectivity index (χ0v) is 17.7. The molecule has 0 aliphatic heterocycles. The summed E-state index contributed by atoms with van der Waals surface area (Å²) in [7, 11) is 1.60. The van der Waals surface area contributed by atoms with Gasteiger partial charge < -0.3 is 14.8 Å². The van der Waals surface area contributed by atoms with Gasteiger partial charge in [-0.25, -0.2) is 0 Å². The molecule has 0 saturated carbocycles. The molecule has 0 aliphatic carbocycles. The van der Waals surface area contributed by atoms with Crippen LogP contribution in [0.25, 0.3) is 0 Å². The summed E-state index contributed by atoms with van der Waals surface area (Å²) in [6.45, 7) is 0.925. The summed E-state index contributed by atoms with van der Waals surface area (Å²) >= 11 is 16.1. The highest BCUT2D eigenvalue weighted by molar-refractivity contribution is 9.10. The molecule has 1 N–H and O–H groups in total. The molecule has 140 valence electrons. The van der Waals surface area contributed by atoms with Crippen LogP contribution in [-0.4, -0.2) is 7.11 Å². The van der Waals surface area contributed by atoms with E-state index < -0.39 is 0 Å². The van der Waals surface area contributed by atoms with Crippen LogP contribution in [0.4, 0.5) is 5.69 Å². The fourth-order valence-corrected chi connectivity index (χ4v) is 3.30. The molecule has 0 radical (unpaired) electrons. The van der Waals surface area contributed by atoms with Crippen molar-refractivity contribution in [2.24, 2.45) is 0 Å². The molecule has 3 aromatic rings. The van der Waals surface area contributed by atoms with E-state index in [4.69, 9.17) is 32.7 Å². The monoisotopic (exact) mass is 465 g/mol. The van der Waals surface area contributed by atoms with E-state index >= 15 is 0 Å². The van der Waals surface area contributed by atoms with Crippen LogP contribution in [0.3, 0.4) is 0 Å². The molecule has 0 bridgehead atoms. The highest BCUT2D eigenvalue weighted by Crippen LogP contribution is 2.37. The van der Waals surface area contributed by atoms with Crippen molar-refractivity contribution >= 4 is 44.8 Å². The molecule has 6 heteroatoms. The van der Waals surface area contributed by atoms with Crippen molar-refractivity contribution in [1.29, 1.82) is 0 Å². The van der Waals surface area contributed by atoms with E-state index in [2.05, 4.69) is 21.2 Å². The van der Waals surface area contributed by atoms with Gasteiger partial charge in [-0.1, -0.05) is 57.3 Å². The standard InChI is InChI=1S/C21H18BrCl2NO2/c1-26-20-11-14(12-25-17-8-6-16(22)7-9-17)10-19(24)21(20)27-13-15-4-2-3-5-18(15)23/h2-11,25H,12-13H2,1H3. The fourth-order valence-electron chi connectivity index (χ4n) is 2.55. The molecule has 0 heterocycles. The van der Waals surface area contributed by atoms with Crippen LogP contribution in [-0.2, 0) is 13.2 Å². The first-order chi connectivity index (χ1) is 13.1. The Labute approximate surface area is 177 Å². The second kappa shape index (κ2) is 9.36. The van der Waals surface area contributed by atoms with Gasteiger partial charge in [-0.3, -0.25) is 0 Å². The van der Waals surface area contributed by atoms with Crippen molar-refractivity contribution in [1.82, 2.24) is 0 Å². The first-order valence-corrected chi connectivity index (χ1v) is 9.84. The van der Waals surface area contributed by atoms with Crippen molar-refractivity contribution < 1.29 is 9.47 Å². The Morgan fingerprint density at radius 2 is 1.70 bits per heavy atom. The molecule has 0 spiro atoms. The Bertz CT molecular complexity index is 917. The number of anilines is 1. The van der Waals surface area contributed by atoms with Gasteiger partial charge in [-0.15, -0.1) is 0 Å². The van der Waals surface area contributed by atoms with E-state index in [1.165, 1.54) is 0 Å². The lowest BCUT2D eigenvalue weighted by molar-refractivity contribution is 0.284. The van der Waals surface area contributed by atoms with Crippen molar-refractivity contribution in [3.05, 3.63) is 86.3 Å². The van der Waals surface area contributed by atoms with Gasteiger partial charge in [-0.05, 0) is 48.0 Å². The van der Waals surface area contributed by atoms with Crippen LogP contribution in [0.15, 0.2) is 65.1 Å². The Balaban J connectivity index is 1.72. The van der Waals surface area contributed by atoms with E-state index in [0.717, 1.165) is 21.3 Å². The van der Waals surface area contributed by atoms with Gasteiger partial charge in [0.1, 0.15) is 6.61 Å². The van der Waals surface area contributed by atoms with Gasteiger partial charge in [0, 0.05) is 27.3 Å². The van der Waals surface area contributed by atoms with Gasteiger partial charge in [0.15, 0.2) is 11.5 Å². The normalized spacial score (nSPS) is 10.5. The number of methoxy groups -OCH3 is 1. The average Bonchev–Trinajstić information content (AvgIpc) is 2.67. The molecule has 3 nitrogen and oxygen atoms in total. The van der Waals surface area contributed by atoms with Crippen molar-refractivity contribution in [2.75, 3.05) is 12.4 Å². The SMILES string of the molecule is COc1cc(CNc2ccc(Br)cc2)cc(Cl)c1OCc1ccccc1Cl. The Morgan fingerprint density at radius 1 is 0.963 bits per heavy atom. The Hall–Kier alpha value is -1.88. The smallest absolute Gasteiger partial charge is 0.180 e. The second-order valence-electron chi connectivity index (χ2n) is 5.85. The lowest BCUT2D eigenvalue weighted by Crippen LogP contribution is -2.03. The minimum atomic E-state index is 0.312. The number of nitrogens with one attached hydrogen (secondary N) is 1. The summed E-state index contributed by atoms with van der Waals surface area (Å²) in [5.41, 5.74) is 2.90. The number of halogens is 3. The molecule has 0 unspecified atom stereocenters. The summed E-state index contributed by atoms with van der Waals surface area (Å²) in [5, 5.41) is 4.51. The first-order valence-electron chi connectivity index (χ1n) is 8.29. The van der Waals surface area contributed by atoms with Crippen LogP contribution in [0, 0.1) is 0 Å². The summed E-state index contributed by atoms with van der Waals surface area (Å²) in [6, 6.07) is 19.3. The highest BCUT2D eigenvalue weighted by Gasteiger charge is 2.13. The molecule has 3 aromatic carbocycles. The number of hydrogen-bond donors (Lipinski definition) is 1. The van der Waals surface area contributed by atoms with Crippen molar-refractivity contribution in [2.45, 2.75) is 13.2 Å². The lowest BCUT2D eigenvalue weighted by Gasteiger charge is -2.15. The Kier molecular flexibility index (Phi) is 6.89. The van der Waals surface area contributed by atoms with Crippen molar-refractivity contribution in [3.8, 4) is 11.5 Å². The molecular weight excluding hydrogens is 449 g/mol. The number of ether oxygens (including phenoxy) is 2. The third-order valence-corrected chi connectivity index (χ3v) is 5.14. The number of rotatable bonds is 7. The molecule has 27 heavy (non-hydrogen) atoms. The zero-order chi connectivity index (χ0) is 19.2. The largest absolute Gasteiger partial charge is 0.493 e. The van der Waals surface area contributed by atoms with Crippen LogP contribution < -0.4 is 14.8 Å². The number of benzene rings is 3. The maximum absolute atomic E-state index is 6.45. The molecule has 0 fully saturated rings. The number of hydrogen-bond acceptors (Lipinski definition) is 3. The van der Waals surface area contributed by atoms with Gasteiger partial charge >= 0.3 is 0 Å². The maximum Gasteiger partial charge on any atom is 0.180 e. The Morgan fingerprint density at radius 3 is 2.41 bits per heavy atom. The topological polar surface area (TPSA) is 30.5 Å². The lowest BCUT2D eigenvalue weighted by atomic mass is 10.2. The molecule has 0 aromatic heterocycles. The average molecular weight is 467 g/mol. The maximum atomic E-state index is 6.45. The summed E-state index contributed by atoms with van der Waals surface area (Å²) < 4.78 is 12.4. The predicted octanol–water partition coefficient (Wildman–Crippen LogP) is 6.96. The van der Waals surface area contributed by atoms with Crippen LogP contribution in [0.5, 0.6) is 11.5 Å². The quantitative estimate of drug-likeness (QED) is 0.408. The van der Waals surface area contributed by atoms with E-state index in [-0.39, 0.29) is 0 Å². The fraction of sp³-hybridized carbons (Fsp3) is 0.143. The van der Waals surface area contributed by atoms with E-state index in [1.807, 2.05) is 60.7 Å². The molecule has 0 atom stereocenters. The minimum absolute atomic E-state index is 0.312. The summed E-state index contributed by atoms with van der Waals surface area (Å²) in [4.78, 5) is 0. The molecule has 0 amide bonds. The van der Waals surface area contributed by atoms with E-state index in [0.29, 0.717) is 34.7 Å². The van der Waals surface area contributed by atoms with E-state index in [1.54, 1.807) is 7.11 Å².